The van der Waals surface area contributed by atoms with E-state index in [0.717, 1.165) is 5.56 Å². The van der Waals surface area contributed by atoms with Crippen LogP contribution in [0.1, 0.15) is 20.7 Å². The van der Waals surface area contributed by atoms with Crippen molar-refractivity contribution in [3.63, 3.8) is 0 Å². The molecule has 1 fully saturated rings. The number of nitrogens with zero attached hydrogens (tertiary/aromatic N) is 5. The van der Waals surface area contributed by atoms with Crippen LogP contribution in [0, 0.1) is 0 Å². The average Bonchev–Trinajstić information content (AvgIpc) is 3.32. The number of carbonyl (C=O) groups is 2. The van der Waals surface area contributed by atoms with Crippen LogP contribution in [0.3, 0.4) is 0 Å². The Morgan fingerprint density at radius 2 is 1.61 bits per heavy atom. The number of amides is 2. The fourth-order valence-electron chi connectivity index (χ4n) is 4.05. The van der Waals surface area contributed by atoms with Crippen molar-refractivity contribution in [2.24, 2.45) is 10.9 Å². The maximum atomic E-state index is 13.0. The molecule has 0 bridgehead atoms. The monoisotopic (exact) mass is 506 g/mol. The Kier molecular flexibility index (Phi) is 5.86. The molecule has 2 aromatic carbocycles. The third-order valence-electron chi connectivity index (χ3n) is 5.98. The second-order valence-corrected chi connectivity index (χ2v) is 9.83. The van der Waals surface area contributed by atoms with Gasteiger partial charge in [-0.25, -0.2) is 28.5 Å². The number of anilines is 1. The van der Waals surface area contributed by atoms with E-state index in [1.807, 2.05) is 11.0 Å². The Labute approximate surface area is 206 Å². The van der Waals surface area contributed by atoms with Crippen LogP contribution in [0.4, 0.5) is 5.95 Å². The van der Waals surface area contributed by atoms with Gasteiger partial charge in [0.1, 0.15) is 16.2 Å². The number of aromatic nitrogens is 4. The van der Waals surface area contributed by atoms with Gasteiger partial charge in [0.05, 0.1) is 23.5 Å². The number of aromatic amines is 1. The van der Waals surface area contributed by atoms with Gasteiger partial charge in [-0.2, -0.15) is 0 Å². The summed E-state index contributed by atoms with van der Waals surface area (Å²) in [5.74, 6) is 0.294. The highest BCUT2D eigenvalue weighted by molar-refractivity contribution is 7.89. The fraction of sp³-hybridized carbons (Fsp3) is 0.174. The van der Waals surface area contributed by atoms with Crippen molar-refractivity contribution in [3.8, 4) is 11.4 Å². The number of carbonyl (C=O) groups excluding carboxylic acids is 2. The quantitative estimate of drug-likeness (QED) is 0.354. The minimum Gasteiger partial charge on any atom is -0.366 e. The first-order valence-corrected chi connectivity index (χ1v) is 12.5. The lowest BCUT2D eigenvalue weighted by molar-refractivity contribution is 0.0746. The summed E-state index contributed by atoms with van der Waals surface area (Å²) in [7, 11) is -3.86. The summed E-state index contributed by atoms with van der Waals surface area (Å²) in [6.45, 7) is 1.92. The zero-order valence-corrected chi connectivity index (χ0v) is 19.8. The van der Waals surface area contributed by atoms with Gasteiger partial charge in [-0.15, -0.1) is 0 Å². The van der Waals surface area contributed by atoms with Gasteiger partial charge in [0.15, 0.2) is 0 Å². The van der Waals surface area contributed by atoms with E-state index in [9.17, 15) is 18.0 Å². The predicted octanol–water partition coefficient (Wildman–Crippen LogP) is 0.729. The molecule has 12 nitrogen and oxygen atoms in total. The molecule has 5 N–H and O–H groups in total. The number of nitrogens with one attached hydrogen (secondary N) is 1. The van der Waals surface area contributed by atoms with E-state index in [1.54, 1.807) is 41.3 Å². The molecular formula is C23H22N8O4S. The number of fused-ring (bicyclic) bond motifs is 1. The Hall–Kier alpha value is -4.36. The number of imidazole rings is 1. The van der Waals surface area contributed by atoms with Gasteiger partial charge < -0.3 is 20.5 Å². The normalized spacial score (nSPS) is 14.2. The van der Waals surface area contributed by atoms with Crippen molar-refractivity contribution >= 4 is 38.8 Å². The van der Waals surface area contributed by atoms with Crippen LogP contribution in [0.25, 0.3) is 22.4 Å². The number of rotatable bonds is 5. The first-order valence-electron chi connectivity index (χ1n) is 11.0. The molecule has 3 heterocycles. The predicted molar refractivity (Wildman–Crippen MR) is 132 cm³/mol. The molecule has 0 aliphatic carbocycles. The van der Waals surface area contributed by atoms with Crippen LogP contribution in [-0.4, -0.2) is 71.2 Å². The van der Waals surface area contributed by atoms with Gasteiger partial charge in [-0.3, -0.25) is 9.59 Å². The maximum absolute atomic E-state index is 13.0. The van der Waals surface area contributed by atoms with E-state index in [0.29, 0.717) is 60.1 Å². The second kappa shape index (κ2) is 9.02. The summed E-state index contributed by atoms with van der Waals surface area (Å²) in [4.78, 5) is 44.0. The standard InChI is InChI=1S/C23H22N8O4S/c24-20(32)17-2-1-3-18-19(17)29-21(28-18)14-4-6-15(7-5-14)22(33)30-8-10-31(11-9-30)23-26-12-16(13-27-23)36(25,34)35/h1-7,12-13H,8-11H2,(H2,24,32)(H,28,29)(H2,25,34,35). The van der Waals surface area contributed by atoms with Crippen molar-refractivity contribution in [1.29, 1.82) is 0 Å². The number of hydrogen-bond acceptors (Lipinski definition) is 8. The zero-order valence-electron chi connectivity index (χ0n) is 19.0. The van der Waals surface area contributed by atoms with Gasteiger partial charge in [0, 0.05) is 37.3 Å². The highest BCUT2D eigenvalue weighted by atomic mass is 32.2. The summed E-state index contributed by atoms with van der Waals surface area (Å²) in [6.07, 6.45) is 2.35. The summed E-state index contributed by atoms with van der Waals surface area (Å²) < 4.78 is 22.7. The highest BCUT2D eigenvalue weighted by Crippen LogP contribution is 2.24. The Morgan fingerprint density at radius 3 is 2.22 bits per heavy atom. The minimum absolute atomic E-state index is 0.104. The molecule has 0 atom stereocenters. The number of primary sulfonamides is 1. The second-order valence-electron chi connectivity index (χ2n) is 8.27. The molecule has 1 aliphatic heterocycles. The minimum atomic E-state index is -3.86. The van der Waals surface area contributed by atoms with Gasteiger partial charge >= 0.3 is 0 Å². The van der Waals surface area contributed by atoms with Crippen LogP contribution < -0.4 is 15.8 Å². The molecule has 2 amide bonds. The van der Waals surface area contributed by atoms with Crippen molar-refractivity contribution in [2.75, 3.05) is 31.1 Å². The molecule has 2 aromatic heterocycles. The van der Waals surface area contributed by atoms with Crippen molar-refractivity contribution in [1.82, 2.24) is 24.8 Å². The molecule has 1 saturated heterocycles. The Balaban J connectivity index is 1.25. The van der Waals surface area contributed by atoms with Crippen molar-refractivity contribution < 1.29 is 18.0 Å². The lowest BCUT2D eigenvalue weighted by Gasteiger charge is -2.34. The fourth-order valence-corrected chi connectivity index (χ4v) is 4.45. The number of hydrogen-bond donors (Lipinski definition) is 3. The van der Waals surface area contributed by atoms with E-state index in [-0.39, 0.29) is 10.8 Å². The van der Waals surface area contributed by atoms with Gasteiger partial charge in [-0.1, -0.05) is 18.2 Å². The number of piperazine rings is 1. The summed E-state index contributed by atoms with van der Waals surface area (Å²) in [5, 5.41) is 5.08. The topological polar surface area (TPSA) is 181 Å². The highest BCUT2D eigenvalue weighted by Gasteiger charge is 2.24. The molecule has 1 aliphatic rings. The van der Waals surface area contributed by atoms with Crippen LogP contribution in [0.5, 0.6) is 0 Å². The largest absolute Gasteiger partial charge is 0.366 e. The number of H-pyrrole nitrogens is 1. The summed E-state index contributed by atoms with van der Waals surface area (Å²) >= 11 is 0. The van der Waals surface area contributed by atoms with Crippen molar-refractivity contribution in [2.45, 2.75) is 4.90 Å². The molecule has 4 aromatic rings. The SMILES string of the molecule is NC(=O)c1cccc2[nH]c(-c3ccc(C(=O)N4CCN(c5ncc(S(N)(=O)=O)cn5)CC4)cc3)nc12. The molecular weight excluding hydrogens is 484 g/mol. The molecule has 13 heteroatoms. The van der Waals surface area contributed by atoms with Crippen LogP contribution >= 0.6 is 0 Å². The molecule has 36 heavy (non-hydrogen) atoms. The number of benzene rings is 2. The molecule has 5 rings (SSSR count). The van der Waals surface area contributed by atoms with E-state index in [1.165, 1.54) is 12.4 Å². The zero-order chi connectivity index (χ0) is 25.4. The van der Waals surface area contributed by atoms with Gasteiger partial charge in [0.2, 0.25) is 16.0 Å². The maximum Gasteiger partial charge on any atom is 0.253 e. The van der Waals surface area contributed by atoms with E-state index in [4.69, 9.17) is 10.9 Å². The molecule has 184 valence electrons. The molecule has 0 radical (unpaired) electrons. The number of sulfonamides is 1. The van der Waals surface area contributed by atoms with Gasteiger partial charge in [-0.05, 0) is 24.3 Å². The van der Waals surface area contributed by atoms with Crippen LogP contribution in [0.2, 0.25) is 0 Å². The number of nitrogens with two attached hydrogens (primary N) is 2. The van der Waals surface area contributed by atoms with Crippen LogP contribution in [-0.2, 0) is 10.0 Å². The first-order chi connectivity index (χ1) is 17.2. The first kappa shape index (κ1) is 23.4. The van der Waals surface area contributed by atoms with Crippen molar-refractivity contribution in [3.05, 3.63) is 66.0 Å². The number of para-hydroxylation sites is 1. The molecule has 0 spiro atoms. The van der Waals surface area contributed by atoms with E-state index < -0.39 is 15.9 Å². The van der Waals surface area contributed by atoms with E-state index >= 15 is 0 Å². The summed E-state index contributed by atoms with van der Waals surface area (Å²) in [6, 6.07) is 12.2. The lowest BCUT2D eigenvalue weighted by Crippen LogP contribution is -2.49. The number of primary amides is 1. The summed E-state index contributed by atoms with van der Waals surface area (Å²) in [5.41, 5.74) is 8.28. The Morgan fingerprint density at radius 1 is 0.944 bits per heavy atom. The van der Waals surface area contributed by atoms with Gasteiger partial charge in [0.25, 0.3) is 11.8 Å². The Bertz CT molecular complexity index is 1560. The van der Waals surface area contributed by atoms with E-state index in [2.05, 4.69) is 19.9 Å². The van der Waals surface area contributed by atoms with Crippen LogP contribution in [0.15, 0.2) is 59.8 Å². The third-order valence-corrected chi connectivity index (χ3v) is 6.84. The molecule has 0 unspecified atom stereocenters. The third kappa shape index (κ3) is 4.48. The smallest absolute Gasteiger partial charge is 0.253 e. The lowest BCUT2D eigenvalue weighted by atomic mass is 10.1. The molecule has 0 saturated carbocycles. The average molecular weight is 507 g/mol.